The molecule has 1 N–H and O–H groups in total. The third-order valence-electron chi connectivity index (χ3n) is 5.47. The van der Waals surface area contributed by atoms with Crippen LogP contribution >= 0.6 is 0 Å². The number of rotatable bonds is 5. The maximum atomic E-state index is 13.4. The number of fused-ring (bicyclic) bond motifs is 1. The molecule has 2 heterocycles. The molecule has 4 aromatic rings. The molecule has 0 atom stereocenters. The summed E-state index contributed by atoms with van der Waals surface area (Å²) in [7, 11) is 3.13. The molecular weight excluding hydrogens is 408 g/mol. The second-order valence-electron chi connectivity index (χ2n) is 7.35. The van der Waals surface area contributed by atoms with E-state index in [0.717, 1.165) is 33.8 Å². The number of ether oxygens (including phenoxy) is 2. The van der Waals surface area contributed by atoms with Gasteiger partial charge in [0.05, 0.1) is 24.4 Å². The van der Waals surface area contributed by atoms with Crippen molar-refractivity contribution in [2.24, 2.45) is 0 Å². The minimum Gasteiger partial charge on any atom is -0.497 e. The Morgan fingerprint density at radius 1 is 1.06 bits per heavy atom. The number of hydrogen-bond donors (Lipinski definition) is 1. The molecule has 0 saturated carbocycles. The molecule has 8 heteroatoms. The van der Waals surface area contributed by atoms with E-state index in [4.69, 9.17) is 9.47 Å². The SMILES string of the molecule is CNC(=O)OCc1ccc(-n2ncc3c(C)n(-c4cccc(OC)c4)c(C)c3c2=O)cc1. The fourth-order valence-electron chi connectivity index (χ4n) is 3.84. The molecular formula is C24H24N4O4. The topological polar surface area (TPSA) is 87.4 Å². The van der Waals surface area contributed by atoms with Gasteiger partial charge in [0.25, 0.3) is 5.56 Å². The highest BCUT2D eigenvalue weighted by atomic mass is 16.5. The number of nitrogens with one attached hydrogen (secondary N) is 1. The average molecular weight is 432 g/mol. The Labute approximate surface area is 185 Å². The van der Waals surface area contributed by atoms with E-state index in [1.165, 1.54) is 11.7 Å². The Hall–Kier alpha value is -4.07. The van der Waals surface area contributed by atoms with Crippen molar-refractivity contribution >= 4 is 16.9 Å². The summed E-state index contributed by atoms with van der Waals surface area (Å²) in [6.07, 6.45) is 1.22. The van der Waals surface area contributed by atoms with Crippen molar-refractivity contribution in [1.29, 1.82) is 0 Å². The number of methoxy groups -OCH3 is 1. The molecule has 0 fully saturated rings. The highest BCUT2D eigenvalue weighted by molar-refractivity contribution is 5.88. The molecule has 0 saturated heterocycles. The van der Waals surface area contributed by atoms with Crippen LogP contribution in [0.1, 0.15) is 17.0 Å². The Balaban J connectivity index is 1.75. The van der Waals surface area contributed by atoms with Crippen molar-refractivity contribution < 1.29 is 14.3 Å². The molecule has 2 aromatic carbocycles. The Bertz CT molecular complexity index is 1350. The first-order chi connectivity index (χ1) is 15.4. The molecule has 4 rings (SSSR count). The summed E-state index contributed by atoms with van der Waals surface area (Å²) in [6, 6.07) is 14.9. The summed E-state index contributed by atoms with van der Waals surface area (Å²) >= 11 is 0. The fraction of sp³-hybridized carbons (Fsp3) is 0.208. The van der Waals surface area contributed by atoms with E-state index in [2.05, 4.69) is 10.4 Å². The van der Waals surface area contributed by atoms with Gasteiger partial charge in [-0.25, -0.2) is 4.79 Å². The molecule has 0 aliphatic rings. The van der Waals surface area contributed by atoms with Gasteiger partial charge in [-0.2, -0.15) is 9.78 Å². The lowest BCUT2D eigenvalue weighted by molar-refractivity contribution is 0.142. The van der Waals surface area contributed by atoms with Gasteiger partial charge in [-0.15, -0.1) is 0 Å². The minimum atomic E-state index is -0.496. The Kier molecular flexibility index (Phi) is 5.68. The lowest BCUT2D eigenvalue weighted by Crippen LogP contribution is -2.21. The molecule has 0 aliphatic heterocycles. The van der Waals surface area contributed by atoms with Gasteiger partial charge in [0.15, 0.2) is 0 Å². The van der Waals surface area contributed by atoms with Crippen LogP contribution in [0.5, 0.6) is 5.75 Å². The van der Waals surface area contributed by atoms with E-state index >= 15 is 0 Å². The van der Waals surface area contributed by atoms with Crippen LogP contribution in [0, 0.1) is 13.8 Å². The number of aryl methyl sites for hydroxylation is 2. The number of benzene rings is 2. The van der Waals surface area contributed by atoms with Crippen molar-refractivity contribution in [3.05, 3.63) is 82.0 Å². The van der Waals surface area contributed by atoms with Gasteiger partial charge in [0.1, 0.15) is 12.4 Å². The van der Waals surface area contributed by atoms with Crippen LogP contribution in [0.4, 0.5) is 4.79 Å². The third kappa shape index (κ3) is 3.71. The van der Waals surface area contributed by atoms with Crippen molar-refractivity contribution in [1.82, 2.24) is 19.7 Å². The minimum absolute atomic E-state index is 0.142. The largest absolute Gasteiger partial charge is 0.497 e. The number of hydrogen-bond acceptors (Lipinski definition) is 5. The molecule has 0 spiro atoms. The van der Waals surface area contributed by atoms with Crippen LogP contribution in [0.3, 0.4) is 0 Å². The first kappa shape index (κ1) is 21.2. The molecule has 32 heavy (non-hydrogen) atoms. The van der Waals surface area contributed by atoms with Gasteiger partial charge in [0.2, 0.25) is 0 Å². The average Bonchev–Trinajstić information content (AvgIpc) is 3.08. The molecule has 2 aromatic heterocycles. The molecule has 0 radical (unpaired) electrons. The van der Waals surface area contributed by atoms with Crippen LogP contribution in [-0.2, 0) is 11.3 Å². The summed E-state index contributed by atoms with van der Waals surface area (Å²) < 4.78 is 13.8. The summed E-state index contributed by atoms with van der Waals surface area (Å²) in [5.74, 6) is 0.745. The summed E-state index contributed by atoms with van der Waals surface area (Å²) in [5.41, 5.74) is 3.93. The zero-order valence-corrected chi connectivity index (χ0v) is 18.4. The smallest absolute Gasteiger partial charge is 0.407 e. The lowest BCUT2D eigenvalue weighted by Gasteiger charge is -2.10. The van der Waals surface area contributed by atoms with Crippen LogP contribution in [0.25, 0.3) is 22.1 Å². The highest BCUT2D eigenvalue weighted by Crippen LogP contribution is 2.28. The van der Waals surface area contributed by atoms with Crippen molar-refractivity contribution in [2.45, 2.75) is 20.5 Å². The molecule has 0 unspecified atom stereocenters. The van der Waals surface area contributed by atoms with Crippen LogP contribution in [-0.4, -0.2) is 34.6 Å². The maximum Gasteiger partial charge on any atom is 0.407 e. The monoisotopic (exact) mass is 432 g/mol. The number of alkyl carbamates (subject to hydrolysis) is 1. The molecule has 1 amide bonds. The number of amides is 1. The molecule has 164 valence electrons. The zero-order valence-electron chi connectivity index (χ0n) is 18.4. The van der Waals surface area contributed by atoms with Gasteiger partial charge < -0.3 is 19.4 Å². The van der Waals surface area contributed by atoms with Crippen LogP contribution in [0.15, 0.2) is 59.5 Å². The van der Waals surface area contributed by atoms with Crippen molar-refractivity contribution in [3.8, 4) is 17.1 Å². The number of aromatic nitrogens is 3. The first-order valence-corrected chi connectivity index (χ1v) is 10.1. The summed E-state index contributed by atoms with van der Waals surface area (Å²) in [4.78, 5) is 24.6. The van der Waals surface area contributed by atoms with Gasteiger partial charge >= 0.3 is 6.09 Å². The maximum absolute atomic E-state index is 13.4. The lowest BCUT2D eigenvalue weighted by atomic mass is 10.2. The second kappa shape index (κ2) is 8.58. The number of carbonyl (C=O) groups excluding carboxylic acids is 1. The van der Waals surface area contributed by atoms with Gasteiger partial charge in [-0.3, -0.25) is 4.79 Å². The van der Waals surface area contributed by atoms with Crippen molar-refractivity contribution in [2.75, 3.05) is 14.2 Å². The quantitative estimate of drug-likeness (QED) is 0.520. The van der Waals surface area contributed by atoms with Gasteiger partial charge in [0, 0.05) is 35.6 Å². The standard InChI is InChI=1S/C24H24N4O4/c1-15-21-13-26-28(18-10-8-17(9-11-18)14-32-24(30)25-3)23(29)22(21)16(2)27(15)19-6-5-7-20(12-19)31-4/h5-13H,14H2,1-4H3,(H,25,30). The Morgan fingerprint density at radius 2 is 1.81 bits per heavy atom. The van der Waals surface area contributed by atoms with Crippen LogP contribution in [0.2, 0.25) is 0 Å². The Morgan fingerprint density at radius 3 is 2.50 bits per heavy atom. The molecule has 8 nitrogen and oxygen atoms in total. The van der Waals surface area contributed by atoms with E-state index in [1.807, 2.05) is 42.7 Å². The van der Waals surface area contributed by atoms with E-state index in [-0.39, 0.29) is 12.2 Å². The molecule has 0 bridgehead atoms. The second-order valence-corrected chi connectivity index (χ2v) is 7.35. The number of nitrogens with zero attached hydrogens (tertiary/aromatic N) is 3. The highest BCUT2D eigenvalue weighted by Gasteiger charge is 2.18. The fourth-order valence-corrected chi connectivity index (χ4v) is 3.84. The van der Waals surface area contributed by atoms with E-state index in [0.29, 0.717) is 11.1 Å². The van der Waals surface area contributed by atoms with Gasteiger partial charge in [-0.05, 0) is 43.7 Å². The first-order valence-electron chi connectivity index (χ1n) is 10.1. The van der Waals surface area contributed by atoms with E-state index in [9.17, 15) is 9.59 Å². The van der Waals surface area contributed by atoms with Crippen molar-refractivity contribution in [3.63, 3.8) is 0 Å². The third-order valence-corrected chi connectivity index (χ3v) is 5.47. The van der Waals surface area contributed by atoms with Crippen LogP contribution < -0.4 is 15.6 Å². The summed E-state index contributed by atoms with van der Waals surface area (Å²) in [6.45, 7) is 4.05. The van der Waals surface area contributed by atoms with Gasteiger partial charge in [-0.1, -0.05) is 18.2 Å². The normalized spacial score (nSPS) is 10.9. The van der Waals surface area contributed by atoms with E-state index in [1.54, 1.807) is 37.6 Å². The molecule has 0 aliphatic carbocycles. The number of carbonyl (C=O) groups is 1. The zero-order chi connectivity index (χ0) is 22.8. The predicted molar refractivity (Wildman–Crippen MR) is 122 cm³/mol. The summed E-state index contributed by atoms with van der Waals surface area (Å²) in [5, 5.41) is 8.23. The van der Waals surface area contributed by atoms with E-state index < -0.39 is 6.09 Å². The predicted octanol–water partition coefficient (Wildman–Crippen LogP) is 3.66.